The quantitative estimate of drug-likeness (QED) is 0.777. The summed E-state index contributed by atoms with van der Waals surface area (Å²) >= 11 is 1.30. The monoisotopic (exact) mass is 414 g/mol. The van der Waals surface area contributed by atoms with Gasteiger partial charge in [0.05, 0.1) is 11.0 Å². The lowest BCUT2D eigenvalue weighted by atomic mass is 9.95. The third-order valence-electron chi connectivity index (χ3n) is 5.35. The van der Waals surface area contributed by atoms with Gasteiger partial charge in [-0.25, -0.2) is 0 Å². The number of piperidine rings is 1. The van der Waals surface area contributed by atoms with Crippen LogP contribution in [0.5, 0.6) is 5.75 Å². The minimum Gasteiger partial charge on any atom is -0.508 e. The molecule has 0 bridgehead atoms. The van der Waals surface area contributed by atoms with Crippen LogP contribution in [0.3, 0.4) is 0 Å². The minimum absolute atomic E-state index is 0.0310. The molecule has 0 saturated carbocycles. The number of thiophene rings is 1. The second-order valence-corrected chi connectivity index (χ2v) is 8.26. The van der Waals surface area contributed by atoms with Crippen LogP contribution >= 0.6 is 11.3 Å². The van der Waals surface area contributed by atoms with E-state index in [1.807, 2.05) is 0 Å². The maximum absolute atomic E-state index is 13.4. The van der Waals surface area contributed by atoms with Crippen molar-refractivity contribution < 1.29 is 24.2 Å². The minimum atomic E-state index is -0.818. The predicted octanol–water partition coefficient (Wildman–Crippen LogP) is 1.75. The molecule has 2 aliphatic rings. The number of fused-ring (bicyclic) bond motifs is 1. The number of amides is 2. The Balaban J connectivity index is 1.57. The van der Waals surface area contributed by atoms with Gasteiger partial charge in [-0.15, -0.1) is 11.3 Å². The van der Waals surface area contributed by atoms with Crippen molar-refractivity contribution in [2.45, 2.75) is 37.5 Å². The Morgan fingerprint density at radius 1 is 1.28 bits per heavy atom. The summed E-state index contributed by atoms with van der Waals surface area (Å²) in [4.78, 5) is 40.5. The average molecular weight is 414 g/mol. The van der Waals surface area contributed by atoms with Crippen molar-refractivity contribution in [2.75, 3.05) is 13.2 Å². The number of aromatic hydroxyl groups is 1. The fraction of sp³-hybridized carbons (Fsp3) is 0.381. The second-order valence-electron chi connectivity index (χ2n) is 7.31. The zero-order valence-electron chi connectivity index (χ0n) is 15.7. The summed E-state index contributed by atoms with van der Waals surface area (Å²) in [5, 5.41) is 14.2. The molecular weight excluding hydrogens is 392 g/mol. The fourth-order valence-electron chi connectivity index (χ4n) is 3.94. The summed E-state index contributed by atoms with van der Waals surface area (Å²) in [7, 11) is 0. The van der Waals surface area contributed by atoms with E-state index in [1.54, 1.807) is 46.7 Å². The Hall–Kier alpha value is -2.71. The summed E-state index contributed by atoms with van der Waals surface area (Å²) in [6.07, 6.45) is 1.51. The van der Waals surface area contributed by atoms with Crippen molar-refractivity contribution in [1.29, 1.82) is 0 Å². The Kier molecular flexibility index (Phi) is 5.64. The Bertz CT molecular complexity index is 896. The van der Waals surface area contributed by atoms with E-state index in [0.717, 1.165) is 18.4 Å². The number of ketones is 1. The van der Waals surface area contributed by atoms with Crippen molar-refractivity contribution in [3.8, 4) is 5.75 Å². The molecule has 152 valence electrons. The molecule has 3 unspecified atom stereocenters. The number of Topliss-reactive ketones (excluding diaryl/α,β-unsaturated/α-hetero) is 1. The molecule has 4 rings (SSSR count). The van der Waals surface area contributed by atoms with Gasteiger partial charge in [-0.1, -0.05) is 18.2 Å². The SMILES string of the molecule is O=C(NC(Cc1ccc(O)cc1)C(=O)N1CCCC2OCC(=O)C21)c1cccs1. The number of phenols is 1. The van der Waals surface area contributed by atoms with Gasteiger partial charge in [-0.3, -0.25) is 14.4 Å². The lowest BCUT2D eigenvalue weighted by molar-refractivity contribution is -0.142. The summed E-state index contributed by atoms with van der Waals surface area (Å²) in [6, 6.07) is 8.62. The van der Waals surface area contributed by atoms with Crippen LogP contribution in [0.15, 0.2) is 41.8 Å². The molecule has 1 aromatic heterocycles. The molecule has 7 nitrogen and oxygen atoms in total. The first-order chi connectivity index (χ1) is 14.0. The van der Waals surface area contributed by atoms with Crippen LogP contribution < -0.4 is 5.32 Å². The van der Waals surface area contributed by atoms with Crippen LogP contribution in [0.4, 0.5) is 0 Å². The van der Waals surface area contributed by atoms with E-state index in [1.165, 1.54) is 11.3 Å². The number of benzene rings is 1. The maximum atomic E-state index is 13.4. The molecule has 3 atom stereocenters. The number of likely N-dealkylation sites (tertiary alicyclic amines) is 1. The molecule has 2 N–H and O–H groups in total. The Morgan fingerprint density at radius 2 is 2.07 bits per heavy atom. The highest BCUT2D eigenvalue weighted by Crippen LogP contribution is 2.27. The fourth-order valence-corrected chi connectivity index (χ4v) is 4.57. The molecule has 0 radical (unpaired) electrons. The molecule has 2 fully saturated rings. The number of hydrogen-bond donors (Lipinski definition) is 2. The summed E-state index contributed by atoms with van der Waals surface area (Å²) in [6.45, 7) is 0.499. The van der Waals surface area contributed by atoms with E-state index >= 15 is 0 Å². The van der Waals surface area contributed by atoms with Gasteiger partial charge in [0.25, 0.3) is 5.91 Å². The Morgan fingerprint density at radius 3 is 2.79 bits per heavy atom. The van der Waals surface area contributed by atoms with Crippen molar-refractivity contribution >= 4 is 28.9 Å². The van der Waals surface area contributed by atoms with Gasteiger partial charge >= 0.3 is 0 Å². The second kappa shape index (κ2) is 8.34. The molecule has 8 heteroatoms. The summed E-state index contributed by atoms with van der Waals surface area (Å²) in [5.74, 6) is -0.556. The largest absolute Gasteiger partial charge is 0.508 e. The number of carbonyl (C=O) groups excluding carboxylic acids is 3. The molecule has 0 aliphatic carbocycles. The third-order valence-corrected chi connectivity index (χ3v) is 6.22. The van der Waals surface area contributed by atoms with E-state index in [0.29, 0.717) is 11.4 Å². The summed E-state index contributed by atoms with van der Waals surface area (Å²) in [5.41, 5.74) is 0.801. The van der Waals surface area contributed by atoms with Gasteiger partial charge in [0, 0.05) is 13.0 Å². The highest BCUT2D eigenvalue weighted by atomic mass is 32.1. The van der Waals surface area contributed by atoms with E-state index in [4.69, 9.17) is 4.74 Å². The highest BCUT2D eigenvalue weighted by Gasteiger charge is 2.45. The molecule has 29 heavy (non-hydrogen) atoms. The van der Waals surface area contributed by atoms with E-state index in [2.05, 4.69) is 5.32 Å². The van der Waals surface area contributed by atoms with Gasteiger partial charge in [0.15, 0.2) is 5.78 Å². The summed E-state index contributed by atoms with van der Waals surface area (Å²) < 4.78 is 5.54. The van der Waals surface area contributed by atoms with Crippen LogP contribution in [0.1, 0.15) is 28.1 Å². The number of ether oxygens (including phenoxy) is 1. The highest BCUT2D eigenvalue weighted by molar-refractivity contribution is 7.12. The number of hydrogen-bond acceptors (Lipinski definition) is 6. The lowest BCUT2D eigenvalue weighted by Crippen LogP contribution is -2.58. The first-order valence-corrected chi connectivity index (χ1v) is 10.5. The zero-order valence-corrected chi connectivity index (χ0v) is 16.6. The molecule has 2 saturated heterocycles. The van der Waals surface area contributed by atoms with Crippen molar-refractivity contribution in [3.05, 3.63) is 52.2 Å². The first kappa shape index (κ1) is 19.6. The molecule has 2 aliphatic heterocycles. The average Bonchev–Trinajstić information content (AvgIpc) is 3.39. The van der Waals surface area contributed by atoms with Crippen LogP contribution in [-0.2, 0) is 20.7 Å². The van der Waals surface area contributed by atoms with E-state index in [9.17, 15) is 19.5 Å². The van der Waals surface area contributed by atoms with Crippen LogP contribution in [0.25, 0.3) is 0 Å². The van der Waals surface area contributed by atoms with Gasteiger partial charge in [-0.2, -0.15) is 0 Å². The molecular formula is C21H22N2O5S. The number of nitrogens with zero attached hydrogens (tertiary/aromatic N) is 1. The Labute approximate surface area is 172 Å². The number of rotatable bonds is 5. The van der Waals surface area contributed by atoms with Crippen LogP contribution in [-0.4, -0.2) is 58.9 Å². The molecule has 0 spiro atoms. The normalized spacial score (nSPS) is 22.2. The van der Waals surface area contributed by atoms with Gasteiger partial charge in [0.1, 0.15) is 24.4 Å². The third kappa shape index (κ3) is 4.18. The van der Waals surface area contributed by atoms with Crippen molar-refractivity contribution in [3.63, 3.8) is 0 Å². The molecule has 2 amide bonds. The first-order valence-electron chi connectivity index (χ1n) is 9.60. The van der Waals surface area contributed by atoms with E-state index < -0.39 is 12.1 Å². The smallest absolute Gasteiger partial charge is 0.262 e. The zero-order chi connectivity index (χ0) is 20.4. The molecule has 3 heterocycles. The number of carbonyl (C=O) groups is 3. The molecule has 1 aromatic carbocycles. The van der Waals surface area contributed by atoms with Crippen LogP contribution in [0.2, 0.25) is 0 Å². The number of phenolic OH excluding ortho intramolecular Hbond substituents is 1. The number of nitrogens with one attached hydrogen (secondary N) is 1. The standard InChI is InChI=1S/C21H22N2O5S/c24-14-7-5-13(6-8-14)11-15(22-20(26)18-4-2-10-29-18)21(27)23-9-1-3-17-19(23)16(25)12-28-17/h2,4-8,10,15,17,19,24H,1,3,9,11-12H2,(H,22,26). The lowest BCUT2D eigenvalue weighted by Gasteiger charge is -2.37. The predicted molar refractivity (Wildman–Crippen MR) is 107 cm³/mol. The van der Waals surface area contributed by atoms with Crippen molar-refractivity contribution in [2.24, 2.45) is 0 Å². The van der Waals surface area contributed by atoms with E-state index in [-0.39, 0.29) is 42.5 Å². The van der Waals surface area contributed by atoms with Gasteiger partial charge < -0.3 is 20.1 Å². The molecule has 2 aromatic rings. The maximum Gasteiger partial charge on any atom is 0.262 e. The van der Waals surface area contributed by atoms with Gasteiger partial charge in [-0.05, 0) is 42.0 Å². The van der Waals surface area contributed by atoms with Crippen molar-refractivity contribution in [1.82, 2.24) is 10.2 Å². The van der Waals surface area contributed by atoms with Crippen LogP contribution in [0, 0.1) is 0 Å². The topological polar surface area (TPSA) is 95.9 Å². The van der Waals surface area contributed by atoms with Gasteiger partial charge in [0.2, 0.25) is 5.91 Å².